The van der Waals surface area contributed by atoms with Gasteiger partial charge in [-0.15, -0.1) is 0 Å². The summed E-state index contributed by atoms with van der Waals surface area (Å²) in [4.78, 5) is 17.5. The number of nitrogens with two attached hydrogens (primary N) is 1. The van der Waals surface area contributed by atoms with Crippen molar-refractivity contribution in [2.75, 3.05) is 0 Å². The molecule has 14 heavy (non-hydrogen) atoms. The molecule has 76 valence electrons. The molecule has 0 saturated heterocycles. The zero-order valence-electron chi connectivity index (χ0n) is 7.51. The van der Waals surface area contributed by atoms with Gasteiger partial charge in [-0.1, -0.05) is 48.0 Å². The van der Waals surface area contributed by atoms with Crippen LogP contribution in [0.2, 0.25) is 0 Å². The highest BCUT2D eigenvalue weighted by Gasteiger charge is 2.15. The van der Waals surface area contributed by atoms with Crippen LogP contribution < -0.4 is 10.6 Å². The molecule has 3 N–H and O–H groups in total. The molecule has 0 aliphatic rings. The van der Waals surface area contributed by atoms with Crippen LogP contribution in [0.15, 0.2) is 30.3 Å². The number of benzene rings is 1. The van der Waals surface area contributed by atoms with Gasteiger partial charge in [0.15, 0.2) is 0 Å². The van der Waals surface area contributed by atoms with E-state index < -0.39 is 12.0 Å². The van der Waals surface area contributed by atoms with E-state index in [1.165, 1.54) is 0 Å². The van der Waals surface area contributed by atoms with Crippen molar-refractivity contribution in [3.8, 4) is 0 Å². The van der Waals surface area contributed by atoms with Crippen molar-refractivity contribution in [3.05, 3.63) is 35.9 Å². The standard InChI is InChI=1S/C9H12N2O2S/c10-8(9(12)13-11-14)6-7-4-2-1-3-5-7/h1-5,8,11,14H,6,10H2. The summed E-state index contributed by atoms with van der Waals surface area (Å²) in [5, 5.41) is 0. The number of rotatable bonds is 4. The van der Waals surface area contributed by atoms with Crippen LogP contribution in [-0.2, 0) is 16.1 Å². The fourth-order valence-electron chi connectivity index (χ4n) is 1.07. The highest BCUT2D eigenvalue weighted by atomic mass is 32.1. The van der Waals surface area contributed by atoms with Gasteiger partial charge in [-0.25, -0.2) is 4.79 Å². The van der Waals surface area contributed by atoms with Gasteiger partial charge in [0.2, 0.25) is 0 Å². The fourth-order valence-corrected chi connectivity index (χ4v) is 1.16. The summed E-state index contributed by atoms with van der Waals surface area (Å²) in [5.74, 6) is -0.524. The zero-order chi connectivity index (χ0) is 10.4. The Morgan fingerprint density at radius 1 is 1.50 bits per heavy atom. The van der Waals surface area contributed by atoms with Crippen LogP contribution in [0.1, 0.15) is 5.56 Å². The third-order valence-corrected chi connectivity index (χ3v) is 1.84. The molecule has 5 heteroatoms. The SMILES string of the molecule is NC(Cc1ccccc1)C(=O)ONS. The largest absolute Gasteiger partial charge is 0.359 e. The maximum Gasteiger partial charge on any atom is 0.342 e. The molecule has 0 aliphatic carbocycles. The molecule has 0 saturated carbocycles. The van der Waals surface area contributed by atoms with E-state index in [0.29, 0.717) is 6.42 Å². The summed E-state index contributed by atoms with van der Waals surface area (Å²) in [6.45, 7) is 0. The lowest BCUT2D eigenvalue weighted by Gasteiger charge is -2.09. The predicted octanol–water partition coefficient (Wildman–Crippen LogP) is 0.449. The highest BCUT2D eigenvalue weighted by Crippen LogP contribution is 2.02. The Kier molecular flexibility index (Phi) is 4.45. The molecule has 1 atom stereocenters. The van der Waals surface area contributed by atoms with Gasteiger partial charge >= 0.3 is 5.97 Å². The average Bonchev–Trinajstić information content (AvgIpc) is 2.19. The fraction of sp³-hybridized carbons (Fsp3) is 0.222. The quantitative estimate of drug-likeness (QED) is 0.501. The second-order valence-electron chi connectivity index (χ2n) is 2.81. The molecule has 1 aromatic rings. The summed E-state index contributed by atoms with van der Waals surface area (Å²) >= 11 is 3.53. The lowest BCUT2D eigenvalue weighted by atomic mass is 10.1. The first-order valence-corrected chi connectivity index (χ1v) is 4.58. The van der Waals surface area contributed by atoms with Crippen LogP contribution in [0.4, 0.5) is 0 Å². The summed E-state index contributed by atoms with van der Waals surface area (Å²) in [6.07, 6.45) is 0.454. The second-order valence-corrected chi connectivity index (χ2v) is 2.99. The Hall–Kier alpha value is -1.04. The van der Waals surface area contributed by atoms with E-state index >= 15 is 0 Å². The molecule has 0 heterocycles. The molecule has 0 radical (unpaired) electrons. The molecule has 1 unspecified atom stereocenters. The Labute approximate surface area is 87.9 Å². The second kappa shape index (κ2) is 5.64. The first kappa shape index (κ1) is 11.0. The maximum atomic E-state index is 11.1. The normalized spacial score (nSPS) is 12.1. The summed E-state index contributed by atoms with van der Waals surface area (Å²) in [6, 6.07) is 8.83. The number of hydrogen-bond donors (Lipinski definition) is 3. The molecule has 1 aromatic carbocycles. The number of hydrogen-bond acceptors (Lipinski definition) is 5. The van der Waals surface area contributed by atoms with Crippen LogP contribution in [0.3, 0.4) is 0 Å². The lowest BCUT2D eigenvalue weighted by Crippen LogP contribution is -2.35. The number of thiol groups is 1. The van der Waals surface area contributed by atoms with Gasteiger partial charge in [0.1, 0.15) is 6.04 Å². The van der Waals surface area contributed by atoms with Gasteiger partial charge in [-0.05, 0) is 12.0 Å². The van der Waals surface area contributed by atoms with Gasteiger partial charge in [0, 0.05) is 0 Å². The van der Waals surface area contributed by atoms with Crippen molar-refractivity contribution in [2.24, 2.45) is 5.73 Å². The monoisotopic (exact) mass is 212 g/mol. The van der Waals surface area contributed by atoms with Crippen LogP contribution in [0.5, 0.6) is 0 Å². The molecule has 1 rings (SSSR count). The topological polar surface area (TPSA) is 64.4 Å². The van der Waals surface area contributed by atoms with Crippen molar-refractivity contribution < 1.29 is 9.63 Å². The van der Waals surface area contributed by atoms with Gasteiger partial charge in [0.05, 0.1) is 0 Å². The molecule has 0 aromatic heterocycles. The van der Waals surface area contributed by atoms with E-state index in [4.69, 9.17) is 5.73 Å². The number of carbonyl (C=O) groups is 1. The first-order valence-electron chi connectivity index (χ1n) is 4.13. The van der Waals surface area contributed by atoms with E-state index in [-0.39, 0.29) is 0 Å². The lowest BCUT2D eigenvalue weighted by molar-refractivity contribution is -0.148. The Morgan fingerprint density at radius 2 is 2.14 bits per heavy atom. The zero-order valence-corrected chi connectivity index (χ0v) is 8.41. The van der Waals surface area contributed by atoms with Crippen molar-refractivity contribution in [3.63, 3.8) is 0 Å². The van der Waals surface area contributed by atoms with Gasteiger partial charge < -0.3 is 10.6 Å². The highest BCUT2D eigenvalue weighted by molar-refractivity contribution is 7.77. The van der Waals surface area contributed by atoms with Gasteiger partial charge in [0.25, 0.3) is 0 Å². The smallest absolute Gasteiger partial charge is 0.342 e. The minimum atomic E-state index is -0.669. The summed E-state index contributed by atoms with van der Waals surface area (Å²) in [5.41, 5.74) is 6.58. The van der Waals surface area contributed by atoms with E-state index in [2.05, 4.69) is 17.7 Å². The summed E-state index contributed by atoms with van der Waals surface area (Å²) < 4.78 is 0. The molecular weight excluding hydrogens is 200 g/mol. The third-order valence-electron chi connectivity index (χ3n) is 1.75. The van der Waals surface area contributed by atoms with E-state index in [1.807, 2.05) is 35.2 Å². The Bertz CT molecular complexity index is 292. The van der Waals surface area contributed by atoms with E-state index in [9.17, 15) is 4.79 Å². The molecule has 0 fully saturated rings. The van der Waals surface area contributed by atoms with Crippen molar-refractivity contribution in [1.29, 1.82) is 0 Å². The predicted molar refractivity (Wildman–Crippen MR) is 56.3 cm³/mol. The number of nitrogens with one attached hydrogen (secondary N) is 1. The molecule has 0 spiro atoms. The molecular formula is C9H12N2O2S. The molecule has 0 bridgehead atoms. The molecule has 0 amide bonds. The van der Waals surface area contributed by atoms with Crippen molar-refractivity contribution in [1.82, 2.24) is 4.89 Å². The summed E-state index contributed by atoms with van der Waals surface area (Å²) in [7, 11) is 0. The van der Waals surface area contributed by atoms with Crippen molar-refractivity contribution in [2.45, 2.75) is 12.5 Å². The maximum absolute atomic E-state index is 11.1. The number of carbonyl (C=O) groups excluding carboxylic acids is 1. The van der Waals surface area contributed by atoms with Crippen LogP contribution in [0.25, 0.3) is 0 Å². The minimum absolute atomic E-state index is 0.454. The van der Waals surface area contributed by atoms with Crippen LogP contribution in [0, 0.1) is 0 Å². The van der Waals surface area contributed by atoms with E-state index in [0.717, 1.165) is 5.56 Å². The van der Waals surface area contributed by atoms with Gasteiger partial charge in [-0.3, -0.25) is 0 Å². The Morgan fingerprint density at radius 3 is 2.71 bits per heavy atom. The Balaban J connectivity index is 2.49. The van der Waals surface area contributed by atoms with Crippen LogP contribution >= 0.6 is 12.8 Å². The third kappa shape index (κ3) is 3.37. The van der Waals surface area contributed by atoms with E-state index in [1.54, 1.807) is 0 Å². The first-order chi connectivity index (χ1) is 6.74. The minimum Gasteiger partial charge on any atom is -0.359 e. The molecule has 4 nitrogen and oxygen atoms in total. The average molecular weight is 212 g/mol. The van der Waals surface area contributed by atoms with Crippen LogP contribution in [-0.4, -0.2) is 12.0 Å². The molecule has 0 aliphatic heterocycles. The van der Waals surface area contributed by atoms with Gasteiger partial charge in [-0.2, -0.15) is 0 Å². The van der Waals surface area contributed by atoms with Crippen molar-refractivity contribution >= 4 is 18.8 Å².